The van der Waals surface area contributed by atoms with Crippen molar-refractivity contribution in [3.8, 4) is 22.6 Å². The molecule has 0 bridgehead atoms. The summed E-state index contributed by atoms with van der Waals surface area (Å²) in [5, 5.41) is 0. The fourth-order valence-electron chi connectivity index (χ4n) is 3.66. The minimum absolute atomic E-state index is 0.373. The molecule has 0 spiro atoms. The first-order valence-corrected chi connectivity index (χ1v) is 12.0. The lowest BCUT2D eigenvalue weighted by molar-refractivity contribution is 0.0734. The molecule has 3 rings (SSSR count). The number of carbonyl (C=O) groups is 1. The van der Waals surface area contributed by atoms with Crippen molar-refractivity contribution in [1.29, 1.82) is 0 Å². The molecule has 0 aromatic heterocycles. The number of esters is 1. The summed E-state index contributed by atoms with van der Waals surface area (Å²) in [7, 11) is 0. The number of hydrogen-bond donors (Lipinski definition) is 0. The van der Waals surface area contributed by atoms with Crippen LogP contribution >= 0.6 is 0 Å². The molecular weight excluding hydrogens is 408 g/mol. The van der Waals surface area contributed by atoms with Gasteiger partial charge in [0.1, 0.15) is 11.5 Å². The SMILES string of the molecule is C=CCCCCCCCCCOc1ccc(C(=O)Oc2ccc(-c3ccccc3)cc2)cc1. The minimum Gasteiger partial charge on any atom is -0.494 e. The van der Waals surface area contributed by atoms with Crippen LogP contribution in [0.2, 0.25) is 0 Å². The van der Waals surface area contributed by atoms with E-state index in [4.69, 9.17) is 9.47 Å². The number of rotatable bonds is 14. The topological polar surface area (TPSA) is 35.5 Å². The summed E-state index contributed by atoms with van der Waals surface area (Å²) in [5.74, 6) is 0.936. The predicted molar refractivity (Wildman–Crippen MR) is 136 cm³/mol. The third-order valence-electron chi connectivity index (χ3n) is 5.58. The van der Waals surface area contributed by atoms with Crippen LogP contribution in [0.3, 0.4) is 0 Å². The van der Waals surface area contributed by atoms with Crippen molar-refractivity contribution in [2.24, 2.45) is 0 Å². The van der Waals surface area contributed by atoms with Crippen molar-refractivity contribution in [3.63, 3.8) is 0 Å². The van der Waals surface area contributed by atoms with Gasteiger partial charge in [-0.15, -0.1) is 6.58 Å². The largest absolute Gasteiger partial charge is 0.494 e. The average molecular weight is 443 g/mol. The molecule has 0 fully saturated rings. The molecular formula is C30H34O3. The Labute approximate surface area is 198 Å². The normalized spacial score (nSPS) is 10.5. The van der Waals surface area contributed by atoms with E-state index in [0.29, 0.717) is 17.9 Å². The van der Waals surface area contributed by atoms with Crippen LogP contribution in [0, 0.1) is 0 Å². The Morgan fingerprint density at radius 3 is 1.91 bits per heavy atom. The van der Waals surface area contributed by atoms with E-state index in [0.717, 1.165) is 29.7 Å². The minimum atomic E-state index is -0.373. The predicted octanol–water partition coefficient (Wildman–Crippen LogP) is 8.26. The molecule has 0 aliphatic rings. The molecule has 0 unspecified atom stereocenters. The lowest BCUT2D eigenvalue weighted by atomic mass is 10.1. The summed E-state index contributed by atoms with van der Waals surface area (Å²) < 4.78 is 11.3. The first-order valence-electron chi connectivity index (χ1n) is 12.0. The molecule has 0 saturated heterocycles. The molecule has 0 heterocycles. The Morgan fingerprint density at radius 1 is 0.667 bits per heavy atom. The van der Waals surface area contributed by atoms with E-state index in [1.807, 2.05) is 60.7 Å². The highest BCUT2D eigenvalue weighted by Crippen LogP contribution is 2.23. The van der Waals surface area contributed by atoms with Crippen LogP contribution in [0.1, 0.15) is 61.7 Å². The van der Waals surface area contributed by atoms with Crippen LogP contribution in [-0.4, -0.2) is 12.6 Å². The maximum Gasteiger partial charge on any atom is 0.343 e. The molecule has 0 saturated carbocycles. The molecule has 0 amide bonds. The zero-order chi connectivity index (χ0) is 23.1. The molecule has 3 aromatic carbocycles. The second-order valence-electron chi connectivity index (χ2n) is 8.20. The Balaban J connectivity index is 1.35. The molecule has 172 valence electrons. The van der Waals surface area contributed by atoms with Crippen LogP contribution < -0.4 is 9.47 Å². The molecule has 0 aliphatic heterocycles. The van der Waals surface area contributed by atoms with E-state index < -0.39 is 0 Å². The van der Waals surface area contributed by atoms with E-state index in [-0.39, 0.29) is 5.97 Å². The Kier molecular flexibility index (Phi) is 10.3. The van der Waals surface area contributed by atoms with Gasteiger partial charge in [0.15, 0.2) is 0 Å². The van der Waals surface area contributed by atoms with E-state index in [2.05, 4.69) is 18.7 Å². The van der Waals surface area contributed by atoms with E-state index in [1.165, 1.54) is 38.5 Å². The number of unbranched alkanes of at least 4 members (excludes halogenated alkanes) is 7. The van der Waals surface area contributed by atoms with Gasteiger partial charge in [0.25, 0.3) is 0 Å². The van der Waals surface area contributed by atoms with E-state index in [9.17, 15) is 4.79 Å². The smallest absolute Gasteiger partial charge is 0.343 e. The van der Waals surface area contributed by atoms with Crippen molar-refractivity contribution in [1.82, 2.24) is 0 Å². The Bertz CT molecular complexity index is 960. The average Bonchev–Trinajstić information content (AvgIpc) is 2.86. The van der Waals surface area contributed by atoms with Crippen molar-refractivity contribution in [2.45, 2.75) is 51.4 Å². The number of ether oxygens (including phenoxy) is 2. The Morgan fingerprint density at radius 2 is 1.24 bits per heavy atom. The van der Waals surface area contributed by atoms with Crippen molar-refractivity contribution in [3.05, 3.63) is 97.1 Å². The highest BCUT2D eigenvalue weighted by molar-refractivity contribution is 5.91. The molecule has 0 aliphatic carbocycles. The van der Waals surface area contributed by atoms with Crippen LogP contribution in [0.5, 0.6) is 11.5 Å². The van der Waals surface area contributed by atoms with Gasteiger partial charge >= 0.3 is 5.97 Å². The standard InChI is InChI=1S/C30H34O3/c1-2-3-4-5-6-7-8-9-13-24-32-28-20-18-27(19-21-28)30(31)33-29-22-16-26(17-23-29)25-14-11-10-12-15-25/h2,10-12,14-23H,1,3-9,13,24H2. The molecule has 3 nitrogen and oxygen atoms in total. The van der Waals surface area contributed by atoms with Gasteiger partial charge in [-0.1, -0.05) is 80.6 Å². The van der Waals surface area contributed by atoms with Crippen molar-refractivity contribution < 1.29 is 14.3 Å². The summed E-state index contributed by atoms with van der Waals surface area (Å²) >= 11 is 0. The van der Waals surface area contributed by atoms with Gasteiger partial charge in [0.2, 0.25) is 0 Å². The molecule has 3 aromatic rings. The van der Waals surface area contributed by atoms with Crippen LogP contribution in [-0.2, 0) is 0 Å². The van der Waals surface area contributed by atoms with Crippen LogP contribution in [0.25, 0.3) is 11.1 Å². The summed E-state index contributed by atoms with van der Waals surface area (Å²) in [4.78, 5) is 12.5. The van der Waals surface area contributed by atoms with Gasteiger partial charge in [-0.25, -0.2) is 4.79 Å². The van der Waals surface area contributed by atoms with Gasteiger partial charge in [-0.2, -0.15) is 0 Å². The summed E-state index contributed by atoms with van der Waals surface area (Å²) in [5.41, 5.74) is 2.72. The second-order valence-corrected chi connectivity index (χ2v) is 8.20. The fraction of sp³-hybridized carbons (Fsp3) is 0.300. The maximum atomic E-state index is 12.5. The zero-order valence-electron chi connectivity index (χ0n) is 19.4. The van der Waals surface area contributed by atoms with E-state index in [1.54, 1.807) is 12.1 Å². The van der Waals surface area contributed by atoms with Crippen molar-refractivity contribution in [2.75, 3.05) is 6.61 Å². The molecule has 0 atom stereocenters. The second kappa shape index (κ2) is 13.9. The van der Waals surface area contributed by atoms with Crippen molar-refractivity contribution >= 4 is 5.97 Å². The van der Waals surface area contributed by atoms with Gasteiger partial charge < -0.3 is 9.47 Å². The highest BCUT2D eigenvalue weighted by Gasteiger charge is 2.09. The van der Waals surface area contributed by atoms with Gasteiger partial charge in [0, 0.05) is 0 Å². The maximum absolute atomic E-state index is 12.5. The van der Waals surface area contributed by atoms with Gasteiger partial charge in [-0.3, -0.25) is 0 Å². The first kappa shape index (κ1) is 24.3. The van der Waals surface area contributed by atoms with Crippen LogP contribution in [0.15, 0.2) is 91.5 Å². The lowest BCUT2D eigenvalue weighted by Crippen LogP contribution is -2.08. The summed E-state index contributed by atoms with van der Waals surface area (Å²) in [6, 6.07) is 24.8. The number of benzene rings is 3. The molecule has 3 heteroatoms. The molecule has 33 heavy (non-hydrogen) atoms. The summed E-state index contributed by atoms with van der Waals surface area (Å²) in [6.07, 6.45) is 11.8. The van der Waals surface area contributed by atoms with Gasteiger partial charge in [0.05, 0.1) is 12.2 Å². The third-order valence-corrected chi connectivity index (χ3v) is 5.58. The molecule has 0 N–H and O–H groups in total. The molecule has 0 radical (unpaired) electrons. The van der Waals surface area contributed by atoms with Gasteiger partial charge in [-0.05, 0) is 66.8 Å². The summed E-state index contributed by atoms with van der Waals surface area (Å²) in [6.45, 7) is 4.46. The fourth-order valence-corrected chi connectivity index (χ4v) is 3.66. The van der Waals surface area contributed by atoms with Crippen LogP contribution in [0.4, 0.5) is 0 Å². The monoisotopic (exact) mass is 442 g/mol. The first-order chi connectivity index (χ1) is 16.3. The number of allylic oxidation sites excluding steroid dienone is 1. The third kappa shape index (κ3) is 8.61. The van der Waals surface area contributed by atoms with E-state index >= 15 is 0 Å². The number of hydrogen-bond acceptors (Lipinski definition) is 3. The Hall–Kier alpha value is -3.33. The quantitative estimate of drug-likeness (QED) is 0.109. The number of carbonyl (C=O) groups excluding carboxylic acids is 1. The highest BCUT2D eigenvalue weighted by atomic mass is 16.5. The zero-order valence-corrected chi connectivity index (χ0v) is 19.4. The lowest BCUT2D eigenvalue weighted by Gasteiger charge is -2.08.